The molecule has 1 aromatic carbocycles. The van der Waals surface area contributed by atoms with E-state index in [1.165, 1.54) is 4.90 Å². The van der Waals surface area contributed by atoms with Crippen molar-refractivity contribution in [3.8, 4) is 11.3 Å². The van der Waals surface area contributed by atoms with Crippen LogP contribution in [0.25, 0.3) is 16.9 Å². The van der Waals surface area contributed by atoms with Gasteiger partial charge in [0.05, 0.1) is 25.2 Å². The lowest BCUT2D eigenvalue weighted by molar-refractivity contribution is -0.165. The van der Waals surface area contributed by atoms with E-state index in [4.69, 9.17) is 5.73 Å². The maximum absolute atomic E-state index is 12.8. The fraction of sp³-hybridized carbons (Fsp3) is 0.235. The number of nitrogens with two attached hydrogens (primary N) is 1. The average molecular weight is 343 g/mol. The summed E-state index contributed by atoms with van der Waals surface area (Å²) in [6, 6.07) is 12.9. The molecule has 0 unspecified atom stereocenters. The van der Waals surface area contributed by atoms with Gasteiger partial charge in [0.15, 0.2) is 5.65 Å². The van der Waals surface area contributed by atoms with Gasteiger partial charge in [0.2, 0.25) is 11.9 Å². The molecule has 1 aliphatic rings. The zero-order valence-electron chi connectivity index (χ0n) is 13.2. The summed E-state index contributed by atoms with van der Waals surface area (Å²) < 4.78 is 27.3. The quantitative estimate of drug-likeness (QED) is 0.789. The lowest BCUT2D eigenvalue weighted by atomic mass is 10.0. The van der Waals surface area contributed by atoms with Crippen LogP contribution in [0.15, 0.2) is 42.5 Å². The molecule has 2 N–H and O–H groups in total. The standard InChI is InChI=1S/C17H15F2N5O/c18-17(19)9-23(10-17)15(25)8-11-4-6-12(7-5-11)13-2-1-3-14-21-16(20)22-24(13)14/h1-7H,8-10H2,(H2,20,22). The number of carbonyl (C=O) groups excluding carboxylic acids is 1. The number of pyridine rings is 1. The molecular weight excluding hydrogens is 328 g/mol. The Labute approximate surface area is 141 Å². The highest BCUT2D eigenvalue weighted by atomic mass is 19.3. The molecule has 128 valence electrons. The van der Waals surface area contributed by atoms with Crippen molar-refractivity contribution in [2.75, 3.05) is 18.8 Å². The molecular formula is C17H15F2N5O. The van der Waals surface area contributed by atoms with E-state index >= 15 is 0 Å². The van der Waals surface area contributed by atoms with Crippen LogP contribution in [-0.2, 0) is 11.2 Å². The summed E-state index contributed by atoms with van der Waals surface area (Å²) in [6.45, 7) is -0.973. The van der Waals surface area contributed by atoms with E-state index in [0.29, 0.717) is 5.65 Å². The lowest BCUT2D eigenvalue weighted by Crippen LogP contribution is -2.58. The Morgan fingerprint density at radius 2 is 1.88 bits per heavy atom. The number of amides is 1. The van der Waals surface area contributed by atoms with Crippen LogP contribution in [0.3, 0.4) is 0 Å². The molecule has 1 aliphatic heterocycles. The molecule has 0 bridgehead atoms. The van der Waals surface area contributed by atoms with Gasteiger partial charge in [-0.1, -0.05) is 30.3 Å². The summed E-state index contributed by atoms with van der Waals surface area (Å²) in [5.41, 5.74) is 8.77. The number of likely N-dealkylation sites (tertiary alicyclic amines) is 1. The highest BCUT2D eigenvalue weighted by molar-refractivity contribution is 5.80. The molecule has 4 rings (SSSR count). The highest BCUT2D eigenvalue weighted by Gasteiger charge is 2.45. The minimum atomic E-state index is -2.74. The van der Waals surface area contributed by atoms with Crippen LogP contribution in [0, 0.1) is 0 Å². The number of halogens is 2. The number of nitrogen functional groups attached to an aromatic ring is 1. The van der Waals surface area contributed by atoms with Crippen LogP contribution in [0.1, 0.15) is 5.56 Å². The molecule has 8 heteroatoms. The Balaban J connectivity index is 1.53. The monoisotopic (exact) mass is 343 g/mol. The molecule has 2 aromatic heterocycles. The predicted molar refractivity (Wildman–Crippen MR) is 88.1 cm³/mol. The Morgan fingerprint density at radius 1 is 1.16 bits per heavy atom. The van der Waals surface area contributed by atoms with Gasteiger partial charge in [-0.2, -0.15) is 4.98 Å². The van der Waals surface area contributed by atoms with Crippen LogP contribution in [0.5, 0.6) is 0 Å². The van der Waals surface area contributed by atoms with Gasteiger partial charge in [-0.25, -0.2) is 13.3 Å². The van der Waals surface area contributed by atoms with Gasteiger partial charge in [0.1, 0.15) is 0 Å². The van der Waals surface area contributed by atoms with Gasteiger partial charge in [0.25, 0.3) is 5.92 Å². The summed E-state index contributed by atoms with van der Waals surface area (Å²) in [5.74, 6) is -2.83. The van der Waals surface area contributed by atoms with E-state index in [1.807, 2.05) is 42.5 Å². The maximum Gasteiger partial charge on any atom is 0.282 e. The molecule has 0 saturated carbocycles. The molecule has 3 aromatic rings. The zero-order valence-corrected chi connectivity index (χ0v) is 13.2. The minimum Gasteiger partial charge on any atom is -0.366 e. The number of fused-ring (bicyclic) bond motifs is 1. The molecule has 0 atom stereocenters. The second-order valence-corrected chi connectivity index (χ2v) is 6.13. The lowest BCUT2D eigenvalue weighted by Gasteiger charge is -2.38. The summed E-state index contributed by atoms with van der Waals surface area (Å²) in [7, 11) is 0. The summed E-state index contributed by atoms with van der Waals surface area (Å²) in [5, 5.41) is 4.17. The van der Waals surface area contributed by atoms with Crippen LogP contribution in [-0.4, -0.2) is 44.4 Å². The number of alkyl halides is 2. The Morgan fingerprint density at radius 3 is 2.56 bits per heavy atom. The summed E-state index contributed by atoms with van der Waals surface area (Å²) >= 11 is 0. The Bertz CT molecular complexity index is 943. The number of carbonyl (C=O) groups is 1. The van der Waals surface area contributed by atoms with Gasteiger partial charge in [-0.3, -0.25) is 4.79 Å². The first-order chi connectivity index (χ1) is 11.9. The largest absolute Gasteiger partial charge is 0.366 e. The maximum atomic E-state index is 12.8. The van der Waals surface area contributed by atoms with Crippen LogP contribution in [0.2, 0.25) is 0 Å². The van der Waals surface area contributed by atoms with Gasteiger partial charge >= 0.3 is 0 Å². The molecule has 0 aliphatic carbocycles. The number of benzene rings is 1. The molecule has 3 heterocycles. The van der Waals surface area contributed by atoms with Crippen molar-refractivity contribution in [3.63, 3.8) is 0 Å². The molecule has 25 heavy (non-hydrogen) atoms. The number of aromatic nitrogens is 3. The second-order valence-electron chi connectivity index (χ2n) is 6.13. The van der Waals surface area contributed by atoms with E-state index in [0.717, 1.165) is 16.8 Å². The molecule has 1 fully saturated rings. The Kier molecular flexibility index (Phi) is 3.41. The van der Waals surface area contributed by atoms with Crippen LogP contribution >= 0.6 is 0 Å². The van der Waals surface area contributed by atoms with Crippen molar-refractivity contribution in [1.29, 1.82) is 0 Å². The smallest absolute Gasteiger partial charge is 0.282 e. The van der Waals surface area contributed by atoms with Gasteiger partial charge < -0.3 is 10.6 Å². The molecule has 1 saturated heterocycles. The fourth-order valence-corrected chi connectivity index (χ4v) is 2.91. The molecule has 6 nitrogen and oxygen atoms in total. The minimum absolute atomic E-state index is 0.108. The van der Waals surface area contributed by atoms with E-state index in [2.05, 4.69) is 10.1 Å². The number of nitrogens with zero attached hydrogens (tertiary/aromatic N) is 4. The number of hydrogen-bond acceptors (Lipinski definition) is 4. The van der Waals surface area contributed by atoms with Crippen molar-refractivity contribution >= 4 is 17.5 Å². The number of rotatable bonds is 3. The number of anilines is 1. The molecule has 1 amide bonds. The van der Waals surface area contributed by atoms with Crippen LogP contribution in [0.4, 0.5) is 14.7 Å². The zero-order chi connectivity index (χ0) is 17.6. The van der Waals surface area contributed by atoms with Gasteiger partial charge in [0, 0.05) is 5.56 Å². The van der Waals surface area contributed by atoms with E-state index in [9.17, 15) is 13.6 Å². The normalized spacial score (nSPS) is 16.0. The van der Waals surface area contributed by atoms with Gasteiger partial charge in [-0.15, -0.1) is 5.10 Å². The predicted octanol–water partition coefficient (Wildman–Crippen LogP) is 2.00. The van der Waals surface area contributed by atoms with Crippen molar-refractivity contribution in [2.24, 2.45) is 0 Å². The first-order valence-corrected chi connectivity index (χ1v) is 7.77. The van der Waals surface area contributed by atoms with E-state index in [-0.39, 0.29) is 18.3 Å². The third kappa shape index (κ3) is 2.90. The fourth-order valence-electron chi connectivity index (χ4n) is 2.91. The second kappa shape index (κ2) is 5.51. The summed E-state index contributed by atoms with van der Waals surface area (Å²) in [4.78, 5) is 17.3. The SMILES string of the molecule is Nc1nc2cccc(-c3ccc(CC(=O)N4CC(F)(F)C4)cc3)n2n1. The first-order valence-electron chi connectivity index (χ1n) is 7.77. The molecule has 0 radical (unpaired) electrons. The van der Waals surface area contributed by atoms with E-state index < -0.39 is 19.0 Å². The van der Waals surface area contributed by atoms with E-state index in [1.54, 1.807) is 4.52 Å². The average Bonchev–Trinajstić information content (AvgIpc) is 2.93. The number of hydrogen-bond donors (Lipinski definition) is 1. The topological polar surface area (TPSA) is 76.5 Å². The van der Waals surface area contributed by atoms with Crippen molar-refractivity contribution in [2.45, 2.75) is 12.3 Å². The highest BCUT2D eigenvalue weighted by Crippen LogP contribution is 2.27. The van der Waals surface area contributed by atoms with Crippen LogP contribution < -0.4 is 5.73 Å². The third-order valence-corrected chi connectivity index (χ3v) is 4.18. The van der Waals surface area contributed by atoms with Crippen molar-refractivity contribution in [3.05, 3.63) is 48.0 Å². The third-order valence-electron chi connectivity index (χ3n) is 4.18. The summed E-state index contributed by atoms with van der Waals surface area (Å²) in [6.07, 6.45) is 0.108. The van der Waals surface area contributed by atoms with Crippen molar-refractivity contribution < 1.29 is 13.6 Å². The first kappa shape index (κ1) is 15.5. The molecule has 0 spiro atoms. The van der Waals surface area contributed by atoms with Gasteiger partial charge in [-0.05, 0) is 17.7 Å². The Hall–Kier alpha value is -3.03. The van der Waals surface area contributed by atoms with Crippen molar-refractivity contribution in [1.82, 2.24) is 19.5 Å².